The second kappa shape index (κ2) is 5.63. The van der Waals surface area contributed by atoms with Gasteiger partial charge in [-0.1, -0.05) is 32.3 Å². The molecule has 0 saturated carbocycles. The summed E-state index contributed by atoms with van der Waals surface area (Å²) in [6.45, 7) is 2.23. The zero-order valence-corrected chi connectivity index (χ0v) is 8.34. The number of hydrogen-bond acceptors (Lipinski definition) is 1. The Morgan fingerprint density at radius 2 is 2.08 bits per heavy atom. The summed E-state index contributed by atoms with van der Waals surface area (Å²) in [5, 5.41) is 0. The highest BCUT2D eigenvalue weighted by Gasteiger charge is 1.93. The fourth-order valence-corrected chi connectivity index (χ4v) is 1.44. The normalized spacial score (nSPS) is 10.2. The summed E-state index contributed by atoms with van der Waals surface area (Å²) in [6.07, 6.45) is 6.37. The Balaban J connectivity index is 2.28. The first kappa shape index (κ1) is 10.1. The van der Waals surface area contributed by atoms with Crippen LogP contribution in [0.4, 0.5) is 5.69 Å². The van der Waals surface area contributed by atoms with Crippen molar-refractivity contribution >= 4 is 5.69 Å². The van der Waals surface area contributed by atoms with Crippen LogP contribution in [0.3, 0.4) is 0 Å². The topological polar surface area (TPSA) is 26.0 Å². The highest BCUT2D eigenvalue weighted by atomic mass is 14.5. The van der Waals surface area contributed by atoms with E-state index in [2.05, 4.69) is 13.0 Å². The highest BCUT2D eigenvalue weighted by molar-refractivity contribution is 5.39. The van der Waals surface area contributed by atoms with Crippen molar-refractivity contribution in [3.63, 3.8) is 0 Å². The van der Waals surface area contributed by atoms with E-state index in [-0.39, 0.29) is 0 Å². The lowest BCUT2D eigenvalue weighted by molar-refractivity contribution is 0.667. The zero-order valence-electron chi connectivity index (χ0n) is 8.34. The van der Waals surface area contributed by atoms with E-state index in [1.165, 1.54) is 31.2 Å². The Morgan fingerprint density at radius 3 is 2.77 bits per heavy atom. The maximum absolute atomic E-state index is 5.66. The van der Waals surface area contributed by atoms with E-state index in [0.29, 0.717) is 0 Å². The van der Waals surface area contributed by atoms with Gasteiger partial charge in [0.05, 0.1) is 0 Å². The van der Waals surface area contributed by atoms with Gasteiger partial charge >= 0.3 is 0 Å². The number of rotatable bonds is 5. The van der Waals surface area contributed by atoms with Crippen molar-refractivity contribution in [1.29, 1.82) is 0 Å². The number of unbranched alkanes of at least 4 members (excludes halogenated alkanes) is 3. The van der Waals surface area contributed by atoms with Crippen molar-refractivity contribution in [2.24, 2.45) is 0 Å². The van der Waals surface area contributed by atoms with Crippen molar-refractivity contribution < 1.29 is 0 Å². The van der Waals surface area contributed by atoms with Gasteiger partial charge in [-0.25, -0.2) is 0 Å². The molecule has 1 rings (SSSR count). The van der Waals surface area contributed by atoms with Gasteiger partial charge in [-0.3, -0.25) is 0 Å². The van der Waals surface area contributed by atoms with Gasteiger partial charge < -0.3 is 5.73 Å². The van der Waals surface area contributed by atoms with Crippen LogP contribution in [-0.4, -0.2) is 0 Å². The van der Waals surface area contributed by atoms with Gasteiger partial charge in [0.15, 0.2) is 0 Å². The molecule has 0 saturated heterocycles. The van der Waals surface area contributed by atoms with Crippen molar-refractivity contribution in [1.82, 2.24) is 0 Å². The Kier molecular flexibility index (Phi) is 4.37. The molecule has 0 aliphatic rings. The second-order valence-electron chi connectivity index (χ2n) is 3.49. The third-order valence-corrected chi connectivity index (χ3v) is 2.19. The predicted octanol–water partition coefficient (Wildman–Crippen LogP) is 3.19. The summed E-state index contributed by atoms with van der Waals surface area (Å²) in [4.78, 5) is 0. The fraction of sp³-hybridized carbons (Fsp3) is 0.500. The minimum absolute atomic E-state index is 0.827. The van der Waals surface area contributed by atoms with Crippen LogP contribution in [0.2, 0.25) is 0 Å². The first-order valence-electron chi connectivity index (χ1n) is 5.08. The Morgan fingerprint density at radius 1 is 1.23 bits per heavy atom. The molecule has 1 radical (unpaired) electrons. The van der Waals surface area contributed by atoms with Crippen molar-refractivity contribution in [3.8, 4) is 0 Å². The van der Waals surface area contributed by atoms with E-state index in [1.54, 1.807) is 0 Å². The molecular weight excluding hydrogens is 158 g/mol. The molecule has 0 spiro atoms. The second-order valence-corrected chi connectivity index (χ2v) is 3.49. The Labute approximate surface area is 81.0 Å². The Bertz CT molecular complexity index is 243. The van der Waals surface area contributed by atoms with Gasteiger partial charge in [-0.15, -0.1) is 0 Å². The van der Waals surface area contributed by atoms with E-state index >= 15 is 0 Å². The number of nitrogen functional groups attached to an aromatic ring is 1. The van der Waals surface area contributed by atoms with Crippen LogP contribution in [0.15, 0.2) is 18.2 Å². The number of anilines is 1. The molecule has 0 amide bonds. The number of hydrogen-bond donors (Lipinski definition) is 1. The fourth-order valence-electron chi connectivity index (χ4n) is 1.44. The van der Waals surface area contributed by atoms with Crippen LogP contribution in [0.1, 0.15) is 38.2 Å². The van der Waals surface area contributed by atoms with Crippen LogP contribution < -0.4 is 5.73 Å². The maximum atomic E-state index is 5.66. The Hall–Kier alpha value is -0.980. The molecule has 0 bridgehead atoms. The molecule has 1 aromatic carbocycles. The molecule has 1 heteroatoms. The summed E-state index contributed by atoms with van der Waals surface area (Å²) in [5.74, 6) is 0. The number of benzene rings is 1. The molecule has 0 heterocycles. The molecule has 1 nitrogen and oxygen atoms in total. The molecule has 71 valence electrons. The molecule has 0 aliphatic heterocycles. The zero-order chi connectivity index (χ0) is 9.52. The summed E-state index contributed by atoms with van der Waals surface area (Å²) in [7, 11) is 0. The van der Waals surface area contributed by atoms with Crippen LogP contribution in [0.5, 0.6) is 0 Å². The van der Waals surface area contributed by atoms with Gasteiger partial charge in [-0.2, -0.15) is 0 Å². The van der Waals surface area contributed by atoms with Gasteiger partial charge in [0, 0.05) is 5.69 Å². The van der Waals surface area contributed by atoms with Gasteiger partial charge in [0.2, 0.25) is 0 Å². The summed E-state index contributed by atoms with van der Waals surface area (Å²) in [5.41, 5.74) is 7.80. The van der Waals surface area contributed by atoms with E-state index in [9.17, 15) is 0 Å². The summed E-state index contributed by atoms with van der Waals surface area (Å²) < 4.78 is 0. The molecule has 0 atom stereocenters. The quantitative estimate of drug-likeness (QED) is 0.541. The molecule has 2 N–H and O–H groups in total. The first-order chi connectivity index (χ1) is 6.33. The lowest BCUT2D eigenvalue weighted by Gasteiger charge is -2.01. The van der Waals surface area contributed by atoms with Crippen LogP contribution in [0, 0.1) is 6.07 Å². The van der Waals surface area contributed by atoms with Gasteiger partial charge in [0.25, 0.3) is 0 Å². The third-order valence-electron chi connectivity index (χ3n) is 2.19. The minimum atomic E-state index is 0.827. The molecule has 0 aromatic heterocycles. The van der Waals surface area contributed by atoms with Crippen LogP contribution in [-0.2, 0) is 6.42 Å². The molecule has 0 fully saturated rings. The van der Waals surface area contributed by atoms with Crippen LogP contribution in [0.25, 0.3) is 0 Å². The maximum Gasteiger partial charge on any atom is 0.0322 e. The largest absolute Gasteiger partial charge is 0.399 e. The van der Waals surface area contributed by atoms with E-state index in [0.717, 1.165) is 12.1 Å². The first-order valence-corrected chi connectivity index (χ1v) is 5.08. The number of nitrogens with two attached hydrogens (primary N) is 1. The molecule has 0 unspecified atom stereocenters. The van der Waals surface area contributed by atoms with Crippen molar-refractivity contribution in [3.05, 3.63) is 29.8 Å². The van der Waals surface area contributed by atoms with Gasteiger partial charge in [0.1, 0.15) is 0 Å². The monoisotopic (exact) mass is 176 g/mol. The molecule has 0 aliphatic carbocycles. The highest BCUT2D eigenvalue weighted by Crippen LogP contribution is 2.10. The van der Waals surface area contributed by atoms with E-state index in [1.807, 2.05) is 18.2 Å². The number of aryl methyl sites for hydroxylation is 1. The lowest BCUT2D eigenvalue weighted by Crippen LogP contribution is -1.89. The van der Waals surface area contributed by atoms with E-state index < -0.39 is 0 Å². The third kappa shape index (κ3) is 3.97. The minimum Gasteiger partial charge on any atom is -0.399 e. The smallest absolute Gasteiger partial charge is 0.0322 e. The summed E-state index contributed by atoms with van der Waals surface area (Å²) in [6, 6.07) is 8.93. The van der Waals surface area contributed by atoms with Crippen molar-refractivity contribution in [2.45, 2.75) is 39.0 Å². The standard InChI is InChI=1S/C12H18N/c1-2-3-4-5-7-11-8-6-9-12(13)10-11/h8-10H,2-5,7,13H2,1H3. The lowest BCUT2D eigenvalue weighted by atomic mass is 10.1. The van der Waals surface area contributed by atoms with Crippen LogP contribution >= 0.6 is 0 Å². The summed E-state index contributed by atoms with van der Waals surface area (Å²) >= 11 is 0. The molecule has 1 aromatic rings. The molecular formula is C12H18N. The van der Waals surface area contributed by atoms with Crippen molar-refractivity contribution in [2.75, 3.05) is 5.73 Å². The molecule has 13 heavy (non-hydrogen) atoms. The predicted molar refractivity (Wildman–Crippen MR) is 57.5 cm³/mol. The average Bonchev–Trinajstić information content (AvgIpc) is 2.13. The SMILES string of the molecule is CCCCCCc1c[c]cc(N)c1. The average molecular weight is 176 g/mol. The van der Waals surface area contributed by atoms with Gasteiger partial charge in [-0.05, 0) is 36.6 Å². The van der Waals surface area contributed by atoms with E-state index in [4.69, 9.17) is 5.73 Å².